The molecule has 2 amide bonds. The van der Waals surface area contributed by atoms with Gasteiger partial charge in [-0.15, -0.1) is 0 Å². The van der Waals surface area contributed by atoms with Crippen LogP contribution in [0, 0.1) is 11.7 Å². The molecular weight excluding hydrogens is 433 g/mol. The van der Waals surface area contributed by atoms with Gasteiger partial charge in [0.15, 0.2) is 0 Å². The molecule has 2 saturated heterocycles. The minimum atomic E-state index is -3.50. The summed E-state index contributed by atoms with van der Waals surface area (Å²) in [7, 11) is -3.50. The Morgan fingerprint density at radius 1 is 0.906 bits per heavy atom. The molecule has 0 spiro atoms. The predicted molar refractivity (Wildman–Crippen MR) is 118 cm³/mol. The number of sulfonamides is 1. The fraction of sp³-hybridized carbons (Fsp3) is 0.391. The number of carbonyl (C=O) groups is 2. The zero-order valence-corrected chi connectivity index (χ0v) is 18.5. The molecule has 2 aliphatic rings. The monoisotopic (exact) mass is 459 g/mol. The summed E-state index contributed by atoms with van der Waals surface area (Å²) < 4.78 is 39.9. The summed E-state index contributed by atoms with van der Waals surface area (Å²) in [6.45, 7) is 1.90. The van der Waals surface area contributed by atoms with Crippen LogP contribution in [0.5, 0.6) is 0 Å². The van der Waals surface area contributed by atoms with Gasteiger partial charge in [0.05, 0.1) is 10.8 Å². The summed E-state index contributed by atoms with van der Waals surface area (Å²) >= 11 is 0. The van der Waals surface area contributed by atoms with Crippen molar-refractivity contribution in [3.63, 3.8) is 0 Å². The zero-order valence-electron chi connectivity index (χ0n) is 17.7. The number of anilines is 1. The molecule has 4 rings (SSSR count). The Bertz CT molecular complexity index is 1080. The summed E-state index contributed by atoms with van der Waals surface area (Å²) in [5.74, 6) is -1.21. The highest BCUT2D eigenvalue weighted by Crippen LogP contribution is 2.24. The maximum absolute atomic E-state index is 13.1. The van der Waals surface area contributed by atoms with E-state index in [-0.39, 0.29) is 29.2 Å². The van der Waals surface area contributed by atoms with Crippen molar-refractivity contribution in [1.29, 1.82) is 0 Å². The summed E-state index contributed by atoms with van der Waals surface area (Å²) in [5.41, 5.74) is 0.902. The molecule has 0 bridgehead atoms. The van der Waals surface area contributed by atoms with Crippen LogP contribution in [-0.2, 0) is 14.8 Å². The van der Waals surface area contributed by atoms with E-state index in [9.17, 15) is 22.4 Å². The molecule has 170 valence electrons. The number of hydrogen-bond donors (Lipinski definition) is 1. The Balaban J connectivity index is 1.38. The lowest BCUT2D eigenvalue weighted by Crippen LogP contribution is -2.43. The van der Waals surface area contributed by atoms with Gasteiger partial charge in [0, 0.05) is 37.4 Å². The van der Waals surface area contributed by atoms with Crippen molar-refractivity contribution in [2.75, 3.05) is 31.5 Å². The third-order valence-corrected chi connectivity index (χ3v) is 7.91. The number of hydrogen-bond acceptors (Lipinski definition) is 4. The van der Waals surface area contributed by atoms with Crippen molar-refractivity contribution in [2.24, 2.45) is 5.92 Å². The number of amides is 2. The van der Waals surface area contributed by atoms with Gasteiger partial charge in [0.1, 0.15) is 5.82 Å². The van der Waals surface area contributed by atoms with Gasteiger partial charge >= 0.3 is 0 Å². The summed E-state index contributed by atoms with van der Waals surface area (Å²) in [5, 5.41) is 2.83. The van der Waals surface area contributed by atoms with Gasteiger partial charge < -0.3 is 10.2 Å². The molecule has 0 radical (unpaired) electrons. The van der Waals surface area contributed by atoms with Crippen LogP contribution < -0.4 is 5.32 Å². The number of likely N-dealkylation sites (tertiary alicyclic amines) is 1. The third kappa shape index (κ3) is 4.83. The van der Waals surface area contributed by atoms with Crippen molar-refractivity contribution in [2.45, 2.75) is 30.6 Å². The normalized spacial score (nSPS) is 19.7. The molecule has 1 atom stereocenters. The number of carbonyl (C=O) groups excluding carboxylic acids is 2. The molecule has 32 heavy (non-hydrogen) atoms. The van der Waals surface area contributed by atoms with E-state index in [1.807, 2.05) is 0 Å². The molecule has 1 N–H and O–H groups in total. The number of piperidine rings is 1. The molecule has 9 heteroatoms. The average molecular weight is 460 g/mol. The Labute approximate surface area is 187 Å². The molecule has 1 unspecified atom stereocenters. The molecule has 0 aliphatic carbocycles. The lowest BCUT2D eigenvalue weighted by Gasteiger charge is -2.32. The first-order chi connectivity index (χ1) is 15.3. The molecule has 2 aromatic rings. The fourth-order valence-electron chi connectivity index (χ4n) is 4.18. The quantitative estimate of drug-likeness (QED) is 0.745. The topological polar surface area (TPSA) is 86.8 Å². The van der Waals surface area contributed by atoms with Gasteiger partial charge in [-0.3, -0.25) is 9.59 Å². The first kappa shape index (κ1) is 22.4. The van der Waals surface area contributed by atoms with E-state index >= 15 is 0 Å². The summed E-state index contributed by atoms with van der Waals surface area (Å²) in [6, 6.07) is 11.6. The SMILES string of the molecule is O=C(Nc1ccc(S(=O)(=O)N2CCCC2)cc1)C1CCCN(C(=O)c2ccc(F)cc2)C1. The lowest BCUT2D eigenvalue weighted by molar-refractivity contribution is -0.121. The number of nitrogens with zero attached hydrogens (tertiary/aromatic N) is 2. The highest BCUT2D eigenvalue weighted by Gasteiger charge is 2.30. The third-order valence-electron chi connectivity index (χ3n) is 6.00. The van der Waals surface area contributed by atoms with E-state index in [0.717, 1.165) is 12.8 Å². The Morgan fingerprint density at radius 3 is 2.22 bits per heavy atom. The van der Waals surface area contributed by atoms with E-state index < -0.39 is 15.8 Å². The maximum atomic E-state index is 13.1. The largest absolute Gasteiger partial charge is 0.338 e. The van der Waals surface area contributed by atoms with Crippen LogP contribution in [0.15, 0.2) is 53.4 Å². The van der Waals surface area contributed by atoms with Crippen LogP contribution in [0.2, 0.25) is 0 Å². The van der Waals surface area contributed by atoms with Crippen molar-refractivity contribution in [1.82, 2.24) is 9.21 Å². The van der Waals surface area contributed by atoms with Gasteiger partial charge in [-0.2, -0.15) is 4.31 Å². The van der Waals surface area contributed by atoms with Crippen molar-refractivity contribution in [3.05, 3.63) is 59.9 Å². The zero-order chi connectivity index (χ0) is 22.7. The maximum Gasteiger partial charge on any atom is 0.253 e. The molecule has 2 heterocycles. The molecule has 0 aromatic heterocycles. The minimum Gasteiger partial charge on any atom is -0.338 e. The second-order valence-corrected chi connectivity index (χ2v) is 10.2. The second-order valence-electron chi connectivity index (χ2n) is 8.22. The van der Waals surface area contributed by atoms with Gasteiger partial charge in [0.25, 0.3) is 5.91 Å². The van der Waals surface area contributed by atoms with Crippen LogP contribution in [-0.4, -0.2) is 55.6 Å². The Hall–Kier alpha value is -2.78. The first-order valence-corrected chi connectivity index (χ1v) is 12.2. The second kappa shape index (κ2) is 9.38. The summed E-state index contributed by atoms with van der Waals surface area (Å²) in [4.78, 5) is 27.3. The highest BCUT2D eigenvalue weighted by atomic mass is 32.2. The average Bonchev–Trinajstić information content (AvgIpc) is 3.36. The Kier molecular flexibility index (Phi) is 6.57. The molecule has 7 nitrogen and oxygen atoms in total. The predicted octanol–water partition coefficient (Wildman–Crippen LogP) is 3.10. The number of nitrogens with one attached hydrogen (secondary N) is 1. The van der Waals surface area contributed by atoms with Crippen molar-refractivity contribution >= 4 is 27.5 Å². The molecular formula is C23H26FN3O4S. The van der Waals surface area contributed by atoms with E-state index in [1.54, 1.807) is 17.0 Å². The van der Waals surface area contributed by atoms with E-state index in [1.165, 1.54) is 40.7 Å². The van der Waals surface area contributed by atoms with Gasteiger partial charge in [-0.25, -0.2) is 12.8 Å². The summed E-state index contributed by atoms with van der Waals surface area (Å²) in [6.07, 6.45) is 3.09. The smallest absolute Gasteiger partial charge is 0.253 e. The number of halogens is 1. The highest BCUT2D eigenvalue weighted by molar-refractivity contribution is 7.89. The molecule has 2 aliphatic heterocycles. The minimum absolute atomic E-state index is 0.211. The Morgan fingerprint density at radius 2 is 1.56 bits per heavy atom. The van der Waals surface area contributed by atoms with Gasteiger partial charge in [0.2, 0.25) is 15.9 Å². The fourth-order valence-corrected chi connectivity index (χ4v) is 5.70. The van der Waals surface area contributed by atoms with Gasteiger partial charge in [-0.1, -0.05) is 0 Å². The van der Waals surface area contributed by atoms with Crippen LogP contribution in [0.1, 0.15) is 36.0 Å². The molecule has 0 saturated carbocycles. The van der Waals surface area contributed by atoms with E-state index in [2.05, 4.69) is 5.32 Å². The number of benzene rings is 2. The lowest BCUT2D eigenvalue weighted by atomic mass is 9.96. The number of rotatable bonds is 5. The first-order valence-electron chi connectivity index (χ1n) is 10.8. The van der Waals surface area contributed by atoms with Crippen LogP contribution >= 0.6 is 0 Å². The molecule has 2 fully saturated rings. The van der Waals surface area contributed by atoms with Crippen LogP contribution in [0.25, 0.3) is 0 Å². The van der Waals surface area contributed by atoms with E-state index in [4.69, 9.17) is 0 Å². The van der Waals surface area contributed by atoms with Crippen molar-refractivity contribution < 1.29 is 22.4 Å². The van der Waals surface area contributed by atoms with Crippen LogP contribution in [0.4, 0.5) is 10.1 Å². The standard InChI is InChI=1S/C23H26FN3O4S/c24-19-7-5-17(6-8-19)23(29)26-13-3-4-18(16-26)22(28)25-20-9-11-21(12-10-20)32(30,31)27-14-1-2-15-27/h5-12,18H,1-4,13-16H2,(H,25,28). The van der Waals surface area contributed by atoms with Crippen molar-refractivity contribution in [3.8, 4) is 0 Å². The molecule has 2 aromatic carbocycles. The van der Waals surface area contributed by atoms with Gasteiger partial charge in [-0.05, 0) is 74.2 Å². The van der Waals surface area contributed by atoms with Crippen LogP contribution in [0.3, 0.4) is 0 Å². The van der Waals surface area contributed by atoms with E-state index in [0.29, 0.717) is 43.7 Å².